The van der Waals surface area contributed by atoms with Crippen molar-refractivity contribution in [2.75, 3.05) is 0 Å². The third-order valence-corrected chi connectivity index (χ3v) is 6.78. The number of benzene rings is 1. The second-order valence-corrected chi connectivity index (χ2v) is 8.17. The molecule has 4 heteroatoms. The van der Waals surface area contributed by atoms with Crippen LogP contribution in [0.1, 0.15) is 50.8 Å². The van der Waals surface area contributed by atoms with E-state index in [1.165, 1.54) is 18.6 Å². The second-order valence-electron chi connectivity index (χ2n) is 8.17. The maximum Gasteiger partial charge on any atom is 0.417 e. The molecule has 0 spiro atoms. The first kappa shape index (κ1) is 15.9. The van der Waals surface area contributed by atoms with Gasteiger partial charge in [0.2, 0.25) is 0 Å². The van der Waals surface area contributed by atoms with E-state index in [1.807, 2.05) is 0 Å². The summed E-state index contributed by atoms with van der Waals surface area (Å²) >= 11 is 0. The Balaban J connectivity index is 1.81. The Kier molecular flexibility index (Phi) is 3.29. The highest BCUT2D eigenvalue weighted by atomic mass is 19.4. The molecule has 0 radical (unpaired) electrons. The van der Waals surface area contributed by atoms with E-state index in [0.29, 0.717) is 34.4 Å². The van der Waals surface area contributed by atoms with Crippen molar-refractivity contribution in [2.24, 2.45) is 23.2 Å². The van der Waals surface area contributed by atoms with Gasteiger partial charge >= 0.3 is 6.18 Å². The average molecular weight is 333 g/mol. The molecule has 128 valence electrons. The van der Waals surface area contributed by atoms with Gasteiger partial charge in [-0.05, 0) is 48.1 Å². The van der Waals surface area contributed by atoms with E-state index in [9.17, 15) is 13.2 Å². The number of halogens is 3. The number of para-hydroxylation sites is 1. The quantitative estimate of drug-likeness (QED) is 0.620. The van der Waals surface area contributed by atoms with Crippen LogP contribution in [0, 0.1) is 23.2 Å². The van der Waals surface area contributed by atoms with Crippen molar-refractivity contribution in [3.63, 3.8) is 0 Å². The van der Waals surface area contributed by atoms with Gasteiger partial charge in [0.25, 0.3) is 0 Å². The van der Waals surface area contributed by atoms with Gasteiger partial charge in [-0.3, -0.25) is 4.98 Å². The molecule has 4 unspecified atom stereocenters. The zero-order valence-electron chi connectivity index (χ0n) is 14.2. The van der Waals surface area contributed by atoms with Gasteiger partial charge in [0.05, 0.1) is 11.1 Å². The smallest absolute Gasteiger partial charge is 0.253 e. The van der Waals surface area contributed by atoms with Crippen LogP contribution >= 0.6 is 0 Å². The number of hydrogen-bond acceptors (Lipinski definition) is 1. The molecule has 24 heavy (non-hydrogen) atoms. The highest BCUT2D eigenvalue weighted by molar-refractivity contribution is 5.83. The zero-order valence-corrected chi connectivity index (χ0v) is 14.2. The van der Waals surface area contributed by atoms with E-state index in [-0.39, 0.29) is 11.3 Å². The maximum atomic E-state index is 13.5. The van der Waals surface area contributed by atoms with Gasteiger partial charge in [-0.2, -0.15) is 13.2 Å². The normalized spacial score (nSPS) is 31.8. The summed E-state index contributed by atoms with van der Waals surface area (Å²) in [5.74, 6) is 1.70. The maximum absolute atomic E-state index is 13.5. The largest absolute Gasteiger partial charge is 0.417 e. The Hall–Kier alpha value is -1.58. The molecule has 3 aliphatic rings. The molecule has 0 N–H and O–H groups in total. The van der Waals surface area contributed by atoms with E-state index in [4.69, 9.17) is 0 Å². The Morgan fingerprint density at radius 2 is 1.83 bits per heavy atom. The van der Waals surface area contributed by atoms with E-state index in [0.717, 1.165) is 6.42 Å². The molecule has 0 amide bonds. The molecule has 2 bridgehead atoms. The zero-order chi connectivity index (χ0) is 17.3. The fraction of sp³-hybridized carbons (Fsp3) is 0.550. The molecule has 1 nitrogen and oxygen atoms in total. The minimum absolute atomic E-state index is 0.132. The van der Waals surface area contributed by atoms with Crippen LogP contribution in [0.2, 0.25) is 0 Å². The number of rotatable bonds is 1. The van der Waals surface area contributed by atoms with E-state index < -0.39 is 11.7 Å². The standard InChI is InChI=1S/C20H22F3N/c1-11-14(8-12-9-15(11)19(12,2)3)18-10-16(20(21,22)23)13-6-4-5-7-17(13)24-18/h4-7,10-12,14-15H,8-9H2,1-3H3. The molecule has 3 saturated carbocycles. The summed E-state index contributed by atoms with van der Waals surface area (Å²) in [5, 5.41) is 0.197. The van der Waals surface area contributed by atoms with Gasteiger partial charge in [-0.1, -0.05) is 39.0 Å². The Morgan fingerprint density at radius 3 is 2.46 bits per heavy atom. The van der Waals surface area contributed by atoms with Crippen molar-refractivity contribution < 1.29 is 13.2 Å². The van der Waals surface area contributed by atoms with Gasteiger partial charge in [-0.25, -0.2) is 0 Å². The summed E-state index contributed by atoms with van der Waals surface area (Å²) in [7, 11) is 0. The highest BCUT2D eigenvalue weighted by Gasteiger charge is 2.56. The summed E-state index contributed by atoms with van der Waals surface area (Å²) in [6, 6.07) is 7.90. The lowest BCUT2D eigenvalue weighted by Crippen LogP contribution is -2.54. The molecule has 1 heterocycles. The minimum Gasteiger partial charge on any atom is -0.253 e. The van der Waals surface area contributed by atoms with E-state index >= 15 is 0 Å². The van der Waals surface area contributed by atoms with Crippen LogP contribution in [0.15, 0.2) is 30.3 Å². The van der Waals surface area contributed by atoms with Crippen molar-refractivity contribution >= 4 is 10.9 Å². The number of hydrogen-bond donors (Lipinski definition) is 0. The molecule has 1 aromatic heterocycles. The Morgan fingerprint density at radius 1 is 1.12 bits per heavy atom. The summed E-state index contributed by atoms with van der Waals surface area (Å²) < 4.78 is 40.6. The van der Waals surface area contributed by atoms with Crippen LogP contribution in [0.3, 0.4) is 0 Å². The van der Waals surface area contributed by atoms with Gasteiger partial charge in [-0.15, -0.1) is 0 Å². The molecule has 5 rings (SSSR count). The first-order chi connectivity index (χ1) is 11.2. The van der Waals surface area contributed by atoms with Crippen LogP contribution in [0.25, 0.3) is 10.9 Å². The number of nitrogens with zero attached hydrogens (tertiary/aromatic N) is 1. The molecule has 2 aromatic rings. The summed E-state index contributed by atoms with van der Waals surface area (Å²) in [4.78, 5) is 4.63. The van der Waals surface area contributed by atoms with Crippen molar-refractivity contribution in [1.82, 2.24) is 4.98 Å². The van der Waals surface area contributed by atoms with Crippen LogP contribution in [0.5, 0.6) is 0 Å². The lowest BCUT2D eigenvalue weighted by molar-refractivity contribution is -0.136. The first-order valence-corrected chi connectivity index (χ1v) is 8.66. The fourth-order valence-electron chi connectivity index (χ4n) is 5.16. The van der Waals surface area contributed by atoms with E-state index in [1.54, 1.807) is 18.2 Å². The molecule has 0 saturated heterocycles. The number of aromatic nitrogens is 1. The van der Waals surface area contributed by atoms with Gasteiger partial charge in [0.15, 0.2) is 0 Å². The molecular weight excluding hydrogens is 311 g/mol. The summed E-state index contributed by atoms with van der Waals surface area (Å²) in [6.45, 7) is 6.79. The molecule has 3 aliphatic carbocycles. The summed E-state index contributed by atoms with van der Waals surface area (Å²) in [6.07, 6.45) is -2.19. The summed E-state index contributed by atoms with van der Waals surface area (Å²) in [5.41, 5.74) is 0.847. The molecule has 1 aromatic carbocycles. The molecule has 3 fully saturated rings. The first-order valence-electron chi connectivity index (χ1n) is 8.66. The van der Waals surface area contributed by atoms with Crippen LogP contribution in [-0.2, 0) is 6.18 Å². The predicted octanol–water partition coefficient (Wildman–Crippen LogP) is 6.04. The van der Waals surface area contributed by atoms with Crippen LogP contribution in [0.4, 0.5) is 13.2 Å². The lowest BCUT2D eigenvalue weighted by atomic mass is 9.43. The van der Waals surface area contributed by atoms with Crippen molar-refractivity contribution in [3.05, 3.63) is 41.6 Å². The Labute approximate surface area is 140 Å². The fourth-order valence-corrected chi connectivity index (χ4v) is 5.16. The lowest BCUT2D eigenvalue weighted by Gasteiger charge is -2.62. The number of fused-ring (bicyclic) bond motifs is 3. The number of pyridine rings is 1. The van der Waals surface area contributed by atoms with Gasteiger partial charge in [0, 0.05) is 17.0 Å². The second kappa shape index (κ2) is 4.96. The van der Waals surface area contributed by atoms with Crippen molar-refractivity contribution in [3.8, 4) is 0 Å². The number of alkyl halides is 3. The molecular formula is C20H22F3N. The third-order valence-electron chi connectivity index (χ3n) is 6.78. The molecule has 0 aliphatic heterocycles. The Bertz CT molecular complexity index is 793. The van der Waals surface area contributed by atoms with Crippen LogP contribution < -0.4 is 0 Å². The predicted molar refractivity (Wildman–Crippen MR) is 88.6 cm³/mol. The molecule has 4 atom stereocenters. The van der Waals surface area contributed by atoms with Gasteiger partial charge < -0.3 is 0 Å². The average Bonchev–Trinajstić information content (AvgIpc) is 2.52. The third kappa shape index (κ3) is 2.18. The van der Waals surface area contributed by atoms with E-state index in [2.05, 4.69) is 25.8 Å². The minimum atomic E-state index is -4.35. The van der Waals surface area contributed by atoms with Gasteiger partial charge in [0.1, 0.15) is 0 Å². The highest BCUT2D eigenvalue weighted by Crippen LogP contribution is 2.64. The topological polar surface area (TPSA) is 12.9 Å². The van der Waals surface area contributed by atoms with Crippen molar-refractivity contribution in [2.45, 2.75) is 45.7 Å². The SMILES string of the molecule is CC1C(c2cc(C(F)(F)F)c3ccccc3n2)CC2CC1C2(C)C. The van der Waals surface area contributed by atoms with Crippen LogP contribution in [-0.4, -0.2) is 4.98 Å². The van der Waals surface area contributed by atoms with Crippen molar-refractivity contribution in [1.29, 1.82) is 0 Å². The monoisotopic (exact) mass is 333 g/mol.